The van der Waals surface area contributed by atoms with Crippen molar-refractivity contribution in [3.8, 4) is 0 Å². The van der Waals surface area contributed by atoms with Crippen LogP contribution in [0.2, 0.25) is 0 Å². The molecule has 0 aliphatic heterocycles. The number of hydrogen-bond acceptors (Lipinski definition) is 2. The molecule has 0 bridgehead atoms. The molecule has 2 amide bonds. The predicted molar refractivity (Wildman–Crippen MR) is 80.3 cm³/mol. The molecule has 0 aliphatic rings. The average molecular weight is 394 g/mol. The maximum Gasteiger partial charge on any atom is 0.326 e. The molecule has 5 nitrogen and oxygen atoms in total. The number of carbonyl (C=O) groups is 2. The SMILES string of the molecule is CCC(C(=O)O)N(C)C(=O)Nc1c(Br)cccc1Br. The number of aliphatic carboxylic acids is 1. The van der Waals surface area contributed by atoms with E-state index < -0.39 is 18.0 Å². The van der Waals surface area contributed by atoms with Gasteiger partial charge in [-0.3, -0.25) is 0 Å². The monoisotopic (exact) mass is 392 g/mol. The summed E-state index contributed by atoms with van der Waals surface area (Å²) in [6, 6.07) is 4.08. The molecule has 0 heterocycles. The van der Waals surface area contributed by atoms with E-state index in [0.29, 0.717) is 21.1 Å². The van der Waals surface area contributed by atoms with Crippen LogP contribution in [0.3, 0.4) is 0 Å². The molecule has 0 saturated carbocycles. The van der Waals surface area contributed by atoms with Crippen molar-refractivity contribution in [1.29, 1.82) is 0 Å². The van der Waals surface area contributed by atoms with Crippen LogP contribution in [-0.2, 0) is 4.79 Å². The highest BCUT2D eigenvalue weighted by Gasteiger charge is 2.25. The Bertz CT molecular complexity index is 474. The largest absolute Gasteiger partial charge is 0.480 e. The van der Waals surface area contributed by atoms with Crippen LogP contribution < -0.4 is 5.32 Å². The van der Waals surface area contributed by atoms with Gasteiger partial charge < -0.3 is 15.3 Å². The first-order valence-electron chi connectivity index (χ1n) is 5.59. The molecule has 1 aromatic carbocycles. The number of hydrogen-bond donors (Lipinski definition) is 2. The minimum atomic E-state index is -1.02. The molecular formula is C12H14Br2N2O3. The number of benzene rings is 1. The maximum atomic E-state index is 12.0. The van der Waals surface area contributed by atoms with E-state index in [0.717, 1.165) is 0 Å². The van der Waals surface area contributed by atoms with Gasteiger partial charge in [-0.05, 0) is 50.4 Å². The van der Waals surface area contributed by atoms with Gasteiger partial charge in [0, 0.05) is 16.0 Å². The lowest BCUT2D eigenvalue weighted by Crippen LogP contribution is -2.44. The van der Waals surface area contributed by atoms with Crippen LogP contribution in [-0.4, -0.2) is 35.1 Å². The number of halogens is 2. The van der Waals surface area contributed by atoms with Crippen LogP contribution in [0, 0.1) is 0 Å². The lowest BCUT2D eigenvalue weighted by atomic mass is 10.2. The van der Waals surface area contributed by atoms with E-state index in [1.165, 1.54) is 11.9 Å². The Morgan fingerprint density at radius 2 is 1.89 bits per heavy atom. The molecule has 19 heavy (non-hydrogen) atoms. The fraction of sp³-hybridized carbons (Fsp3) is 0.333. The summed E-state index contributed by atoms with van der Waals surface area (Å²) < 4.78 is 1.43. The predicted octanol–water partition coefficient (Wildman–Crippen LogP) is 3.54. The van der Waals surface area contributed by atoms with Gasteiger partial charge in [-0.1, -0.05) is 13.0 Å². The Morgan fingerprint density at radius 1 is 1.37 bits per heavy atom. The quantitative estimate of drug-likeness (QED) is 0.821. The zero-order valence-corrected chi connectivity index (χ0v) is 13.7. The fourth-order valence-corrected chi connectivity index (χ4v) is 2.76. The number of anilines is 1. The molecular weight excluding hydrogens is 380 g/mol. The minimum absolute atomic E-state index is 0.344. The Morgan fingerprint density at radius 3 is 2.32 bits per heavy atom. The lowest BCUT2D eigenvalue weighted by molar-refractivity contribution is -0.141. The first kappa shape index (κ1) is 16.0. The van der Waals surface area contributed by atoms with Crippen molar-refractivity contribution in [3.63, 3.8) is 0 Å². The van der Waals surface area contributed by atoms with Crippen LogP contribution in [0.15, 0.2) is 27.1 Å². The third-order valence-electron chi connectivity index (χ3n) is 2.65. The van der Waals surface area contributed by atoms with Crippen LogP contribution in [0.25, 0.3) is 0 Å². The molecule has 1 atom stereocenters. The lowest BCUT2D eigenvalue weighted by Gasteiger charge is -2.24. The van der Waals surface area contributed by atoms with Gasteiger partial charge in [-0.25, -0.2) is 9.59 Å². The van der Waals surface area contributed by atoms with Gasteiger partial charge in [0.2, 0.25) is 0 Å². The van der Waals surface area contributed by atoms with E-state index in [2.05, 4.69) is 37.2 Å². The van der Waals surface area contributed by atoms with Crippen molar-refractivity contribution >= 4 is 49.5 Å². The number of nitrogens with one attached hydrogen (secondary N) is 1. The first-order chi connectivity index (χ1) is 8.88. The molecule has 0 saturated heterocycles. The number of carbonyl (C=O) groups excluding carboxylic acids is 1. The Hall–Kier alpha value is -1.08. The second-order valence-corrected chi connectivity index (χ2v) is 5.61. The Labute approximate surface area is 128 Å². The normalized spacial score (nSPS) is 11.8. The van der Waals surface area contributed by atoms with Crippen molar-refractivity contribution in [2.75, 3.05) is 12.4 Å². The third kappa shape index (κ3) is 3.94. The highest BCUT2D eigenvalue weighted by Crippen LogP contribution is 2.30. The number of urea groups is 1. The van der Waals surface area contributed by atoms with Gasteiger partial charge in [0.15, 0.2) is 0 Å². The average Bonchev–Trinajstić information content (AvgIpc) is 2.34. The smallest absolute Gasteiger partial charge is 0.326 e. The molecule has 0 aliphatic carbocycles. The molecule has 0 fully saturated rings. The summed E-state index contributed by atoms with van der Waals surface area (Å²) in [5, 5.41) is 11.7. The summed E-state index contributed by atoms with van der Waals surface area (Å²) in [6.07, 6.45) is 0.344. The minimum Gasteiger partial charge on any atom is -0.480 e. The van der Waals surface area contributed by atoms with Crippen molar-refractivity contribution in [3.05, 3.63) is 27.1 Å². The molecule has 0 spiro atoms. The van der Waals surface area contributed by atoms with Crippen LogP contribution >= 0.6 is 31.9 Å². The third-order valence-corrected chi connectivity index (χ3v) is 3.98. The second kappa shape index (κ2) is 6.91. The molecule has 1 unspecified atom stereocenters. The summed E-state index contributed by atoms with van der Waals surface area (Å²) in [5.74, 6) is -1.02. The summed E-state index contributed by atoms with van der Waals surface area (Å²) >= 11 is 6.66. The zero-order chi connectivity index (χ0) is 14.6. The molecule has 1 rings (SSSR count). The fourth-order valence-electron chi connectivity index (χ4n) is 1.57. The Balaban J connectivity index is 2.88. The van der Waals surface area contributed by atoms with Gasteiger partial charge in [-0.15, -0.1) is 0 Å². The van der Waals surface area contributed by atoms with E-state index in [1.807, 2.05) is 6.07 Å². The zero-order valence-electron chi connectivity index (χ0n) is 10.5. The van der Waals surface area contributed by atoms with Gasteiger partial charge >= 0.3 is 12.0 Å². The van der Waals surface area contributed by atoms with Gasteiger partial charge in [0.05, 0.1) is 5.69 Å². The molecule has 0 radical (unpaired) electrons. The summed E-state index contributed by atoms with van der Waals surface area (Å²) in [4.78, 5) is 24.2. The number of carboxylic acids is 1. The topological polar surface area (TPSA) is 69.6 Å². The number of carboxylic acid groups (broad SMARTS) is 1. The number of rotatable bonds is 4. The van der Waals surface area contributed by atoms with Crippen LogP contribution in [0.5, 0.6) is 0 Å². The van der Waals surface area contributed by atoms with E-state index >= 15 is 0 Å². The van der Waals surface area contributed by atoms with E-state index in [1.54, 1.807) is 19.1 Å². The van der Waals surface area contributed by atoms with E-state index in [9.17, 15) is 9.59 Å². The molecule has 104 valence electrons. The van der Waals surface area contributed by atoms with Crippen LogP contribution in [0.1, 0.15) is 13.3 Å². The first-order valence-corrected chi connectivity index (χ1v) is 7.17. The van der Waals surface area contributed by atoms with Gasteiger partial charge in [0.1, 0.15) is 6.04 Å². The molecule has 1 aromatic rings. The van der Waals surface area contributed by atoms with E-state index in [4.69, 9.17) is 5.11 Å². The van der Waals surface area contributed by atoms with Crippen molar-refractivity contribution in [2.24, 2.45) is 0 Å². The summed E-state index contributed by atoms with van der Waals surface area (Å²) in [6.45, 7) is 1.72. The number of nitrogens with zero attached hydrogens (tertiary/aromatic N) is 1. The number of likely N-dealkylation sites (N-methyl/N-ethyl adjacent to an activating group) is 1. The standard InChI is InChI=1S/C12H14Br2N2O3/c1-3-9(11(17)18)16(2)12(19)15-10-7(13)5-4-6-8(10)14/h4-6,9H,3H2,1-2H3,(H,15,19)(H,17,18). The van der Waals surface area contributed by atoms with Crippen molar-refractivity contribution in [1.82, 2.24) is 4.90 Å². The Kier molecular flexibility index (Phi) is 5.81. The highest BCUT2D eigenvalue weighted by molar-refractivity contribution is 9.11. The maximum absolute atomic E-state index is 12.0. The molecule has 2 N–H and O–H groups in total. The van der Waals surface area contributed by atoms with Crippen LogP contribution in [0.4, 0.5) is 10.5 Å². The van der Waals surface area contributed by atoms with Crippen molar-refractivity contribution in [2.45, 2.75) is 19.4 Å². The molecule has 7 heteroatoms. The summed E-state index contributed by atoms with van der Waals surface area (Å²) in [7, 11) is 1.46. The second-order valence-electron chi connectivity index (χ2n) is 3.90. The number of para-hydroxylation sites is 1. The van der Waals surface area contributed by atoms with Crippen molar-refractivity contribution < 1.29 is 14.7 Å². The van der Waals surface area contributed by atoms with E-state index in [-0.39, 0.29) is 0 Å². The number of amides is 2. The van der Waals surface area contributed by atoms with Gasteiger partial charge in [0.25, 0.3) is 0 Å². The highest BCUT2D eigenvalue weighted by atomic mass is 79.9. The molecule has 0 aromatic heterocycles. The summed E-state index contributed by atoms with van der Waals surface area (Å²) in [5.41, 5.74) is 0.569. The van der Waals surface area contributed by atoms with Gasteiger partial charge in [-0.2, -0.15) is 0 Å².